The Balaban J connectivity index is 1.80. The molecular weight excluding hydrogens is 348 g/mol. The molecule has 1 atom stereocenters. The van der Waals surface area contributed by atoms with Gasteiger partial charge in [0.15, 0.2) is 6.61 Å². The Kier molecular flexibility index (Phi) is 6.24. The summed E-state index contributed by atoms with van der Waals surface area (Å²) < 4.78 is 6.43. The maximum Gasteiger partial charge on any atom is 0.174 e. The van der Waals surface area contributed by atoms with E-state index in [2.05, 4.69) is 40.3 Å². The monoisotopic (exact) mass is 364 g/mol. The van der Waals surface area contributed by atoms with Crippen molar-refractivity contribution in [2.24, 2.45) is 0 Å². The minimum Gasteiger partial charge on any atom is -0.479 e. The summed E-state index contributed by atoms with van der Waals surface area (Å²) in [4.78, 5) is 1.38. The minimum atomic E-state index is 0.0868. The molecule has 2 rings (SSSR count). The van der Waals surface area contributed by atoms with Crippen LogP contribution in [-0.2, 0) is 6.42 Å². The third kappa shape index (κ3) is 5.16. The largest absolute Gasteiger partial charge is 0.479 e. The Morgan fingerprint density at radius 3 is 2.67 bits per heavy atom. The number of ether oxygens (including phenoxy) is 1. The van der Waals surface area contributed by atoms with E-state index < -0.39 is 0 Å². The van der Waals surface area contributed by atoms with Crippen LogP contribution in [0.1, 0.15) is 23.4 Å². The van der Waals surface area contributed by atoms with Gasteiger partial charge in [-0.05, 0) is 59.1 Å². The molecule has 110 valence electrons. The highest BCUT2D eigenvalue weighted by atomic mass is 79.9. The fourth-order valence-corrected chi connectivity index (χ4v) is 3.47. The Bertz CT molecular complexity index is 603. The zero-order valence-electron chi connectivity index (χ0n) is 11.8. The van der Waals surface area contributed by atoms with Crippen LogP contribution in [0.4, 0.5) is 0 Å². The second-order valence-corrected chi connectivity index (χ2v) is 7.20. The van der Waals surface area contributed by atoms with E-state index >= 15 is 0 Å². The van der Waals surface area contributed by atoms with E-state index in [1.54, 1.807) is 11.3 Å². The van der Waals surface area contributed by atoms with Crippen molar-refractivity contribution < 1.29 is 4.74 Å². The van der Waals surface area contributed by atoms with Gasteiger partial charge >= 0.3 is 0 Å². The molecule has 1 N–H and O–H groups in total. The molecule has 0 saturated carbocycles. The lowest BCUT2D eigenvalue weighted by atomic mass is 10.1. The maximum atomic E-state index is 8.48. The van der Waals surface area contributed by atoms with Gasteiger partial charge in [-0.2, -0.15) is 5.26 Å². The molecule has 0 aliphatic rings. The van der Waals surface area contributed by atoms with Crippen LogP contribution in [0, 0.1) is 11.3 Å². The van der Waals surface area contributed by atoms with Crippen LogP contribution < -0.4 is 10.1 Å². The molecular formula is C16H17BrN2OS. The number of benzene rings is 1. The first kappa shape index (κ1) is 16.0. The van der Waals surface area contributed by atoms with Gasteiger partial charge in [0, 0.05) is 17.5 Å². The topological polar surface area (TPSA) is 45.0 Å². The van der Waals surface area contributed by atoms with Crippen LogP contribution in [0.25, 0.3) is 0 Å². The van der Waals surface area contributed by atoms with Crippen molar-refractivity contribution in [2.45, 2.75) is 19.4 Å². The van der Waals surface area contributed by atoms with Gasteiger partial charge in [0.2, 0.25) is 0 Å². The average molecular weight is 365 g/mol. The highest BCUT2D eigenvalue weighted by Gasteiger charge is 2.05. The number of nitrogens with zero attached hydrogens (tertiary/aromatic N) is 1. The van der Waals surface area contributed by atoms with Crippen molar-refractivity contribution in [3.8, 4) is 11.8 Å². The van der Waals surface area contributed by atoms with E-state index in [4.69, 9.17) is 10.00 Å². The van der Waals surface area contributed by atoms with Crippen molar-refractivity contribution in [3.63, 3.8) is 0 Å². The van der Waals surface area contributed by atoms with Crippen molar-refractivity contribution in [2.75, 3.05) is 13.2 Å². The number of nitriles is 1. The van der Waals surface area contributed by atoms with Gasteiger partial charge in [0.1, 0.15) is 11.8 Å². The number of rotatable bonds is 7. The van der Waals surface area contributed by atoms with Crippen LogP contribution in [-0.4, -0.2) is 13.2 Å². The zero-order valence-corrected chi connectivity index (χ0v) is 14.2. The van der Waals surface area contributed by atoms with E-state index in [0.717, 1.165) is 18.7 Å². The summed E-state index contributed by atoms with van der Waals surface area (Å²) >= 11 is 5.26. The predicted octanol–water partition coefficient (Wildman–Crippen LogP) is 4.31. The van der Waals surface area contributed by atoms with Crippen LogP contribution in [0.5, 0.6) is 5.75 Å². The standard InChI is InChI=1S/C16H17BrN2OS/c1-12(19-10-8-15-6-7-16(17)21-15)13-2-4-14(5-3-13)20-11-9-18/h2-7,12,19H,8,10-11H2,1H3. The summed E-state index contributed by atoms with van der Waals surface area (Å²) in [5.41, 5.74) is 1.21. The molecule has 0 radical (unpaired) electrons. The summed E-state index contributed by atoms with van der Waals surface area (Å²) in [5.74, 6) is 0.732. The lowest BCUT2D eigenvalue weighted by Crippen LogP contribution is -2.21. The second kappa shape index (κ2) is 8.18. The van der Waals surface area contributed by atoms with Gasteiger partial charge in [-0.25, -0.2) is 0 Å². The van der Waals surface area contributed by atoms with E-state index in [9.17, 15) is 0 Å². The smallest absolute Gasteiger partial charge is 0.174 e. The molecule has 0 bridgehead atoms. The molecule has 1 heterocycles. The van der Waals surface area contributed by atoms with Crippen molar-refractivity contribution in [1.82, 2.24) is 5.32 Å². The highest BCUT2D eigenvalue weighted by molar-refractivity contribution is 9.11. The van der Waals surface area contributed by atoms with Crippen molar-refractivity contribution >= 4 is 27.3 Å². The van der Waals surface area contributed by atoms with E-state index in [0.29, 0.717) is 6.04 Å². The van der Waals surface area contributed by atoms with Gasteiger partial charge in [0.05, 0.1) is 3.79 Å². The molecule has 2 aromatic rings. The van der Waals surface area contributed by atoms with Gasteiger partial charge < -0.3 is 10.1 Å². The molecule has 0 amide bonds. The molecule has 1 aromatic heterocycles. The Morgan fingerprint density at radius 2 is 2.05 bits per heavy atom. The molecule has 0 fully saturated rings. The second-order valence-electron chi connectivity index (χ2n) is 4.65. The van der Waals surface area contributed by atoms with Gasteiger partial charge in [0.25, 0.3) is 0 Å². The first-order valence-electron chi connectivity index (χ1n) is 6.76. The molecule has 0 aliphatic carbocycles. The zero-order chi connectivity index (χ0) is 15.1. The molecule has 3 nitrogen and oxygen atoms in total. The summed E-state index contributed by atoms with van der Waals surface area (Å²) in [5, 5.41) is 12.0. The van der Waals surface area contributed by atoms with Gasteiger partial charge in [-0.3, -0.25) is 0 Å². The van der Waals surface area contributed by atoms with Crippen LogP contribution in [0.3, 0.4) is 0 Å². The normalized spacial score (nSPS) is 11.9. The minimum absolute atomic E-state index is 0.0868. The summed E-state index contributed by atoms with van der Waals surface area (Å²) in [7, 11) is 0. The number of halogens is 1. The van der Waals surface area contributed by atoms with Gasteiger partial charge in [-0.1, -0.05) is 12.1 Å². The molecule has 21 heavy (non-hydrogen) atoms. The third-order valence-electron chi connectivity index (χ3n) is 3.13. The third-order valence-corrected chi connectivity index (χ3v) is 4.82. The molecule has 5 heteroatoms. The summed E-state index contributed by atoms with van der Waals surface area (Å²) in [6.07, 6.45) is 1.03. The predicted molar refractivity (Wildman–Crippen MR) is 89.7 cm³/mol. The van der Waals surface area contributed by atoms with Crippen molar-refractivity contribution in [1.29, 1.82) is 5.26 Å². The lowest BCUT2D eigenvalue weighted by Gasteiger charge is -2.14. The first-order chi connectivity index (χ1) is 10.2. The molecule has 1 unspecified atom stereocenters. The molecule has 0 spiro atoms. The quantitative estimate of drug-likeness (QED) is 0.796. The van der Waals surface area contributed by atoms with Crippen LogP contribution in [0.2, 0.25) is 0 Å². The number of thiophene rings is 1. The molecule has 0 aliphatic heterocycles. The Hall–Kier alpha value is -1.35. The van der Waals surface area contributed by atoms with Gasteiger partial charge in [-0.15, -0.1) is 11.3 Å². The Morgan fingerprint density at radius 1 is 1.29 bits per heavy atom. The average Bonchev–Trinajstić information content (AvgIpc) is 2.91. The van der Waals surface area contributed by atoms with Crippen LogP contribution >= 0.6 is 27.3 Å². The van der Waals surface area contributed by atoms with E-state index in [1.165, 1.54) is 14.2 Å². The van der Waals surface area contributed by atoms with E-state index in [-0.39, 0.29) is 6.61 Å². The number of nitrogens with one attached hydrogen (secondary N) is 1. The van der Waals surface area contributed by atoms with E-state index in [1.807, 2.05) is 30.3 Å². The number of hydrogen-bond donors (Lipinski definition) is 1. The van der Waals surface area contributed by atoms with Crippen LogP contribution in [0.15, 0.2) is 40.2 Å². The summed E-state index contributed by atoms with van der Waals surface area (Å²) in [6, 6.07) is 14.4. The number of hydrogen-bond acceptors (Lipinski definition) is 4. The molecule has 1 aromatic carbocycles. The maximum absolute atomic E-state index is 8.48. The van der Waals surface area contributed by atoms with Crippen molar-refractivity contribution in [3.05, 3.63) is 50.6 Å². The highest BCUT2D eigenvalue weighted by Crippen LogP contribution is 2.22. The fourth-order valence-electron chi connectivity index (χ4n) is 1.98. The SMILES string of the molecule is CC(NCCc1ccc(Br)s1)c1ccc(OCC#N)cc1. The first-order valence-corrected chi connectivity index (χ1v) is 8.37. The Labute approximate surface area is 137 Å². The summed E-state index contributed by atoms with van der Waals surface area (Å²) in [6.45, 7) is 3.18. The lowest BCUT2D eigenvalue weighted by molar-refractivity contribution is 0.368. The fraction of sp³-hybridized carbons (Fsp3) is 0.312. The molecule has 0 saturated heterocycles.